The number of ether oxygens (including phenoxy) is 1. The third kappa shape index (κ3) is 7.30. The molecule has 0 radical (unpaired) electrons. The molecular formula is C42H48N8O2. The van der Waals surface area contributed by atoms with Gasteiger partial charge in [0.2, 0.25) is 0 Å². The Bertz CT molecular complexity index is 2140. The van der Waals surface area contributed by atoms with Gasteiger partial charge in [-0.2, -0.15) is 0 Å². The molecule has 0 unspecified atom stereocenters. The van der Waals surface area contributed by atoms with Crippen LogP contribution in [0.3, 0.4) is 0 Å². The number of nitrogens with one attached hydrogen (secondary N) is 1. The third-order valence-corrected chi connectivity index (χ3v) is 9.99. The molecule has 0 saturated carbocycles. The molecule has 2 aromatic heterocycles. The molecule has 7 rings (SSSR count). The number of hydrogen-bond donors (Lipinski definition) is 1. The Labute approximate surface area is 306 Å². The Morgan fingerprint density at radius 3 is 2.31 bits per heavy atom. The first-order chi connectivity index (χ1) is 25.3. The van der Waals surface area contributed by atoms with Crippen molar-refractivity contribution in [3.8, 4) is 5.75 Å². The van der Waals surface area contributed by atoms with Crippen molar-refractivity contribution in [2.24, 2.45) is 0 Å². The Morgan fingerprint density at radius 2 is 1.62 bits per heavy atom. The number of fused-ring (bicyclic) bond motifs is 3. The first kappa shape index (κ1) is 35.0. The first-order valence-electron chi connectivity index (χ1n) is 18.2. The van der Waals surface area contributed by atoms with Gasteiger partial charge in [0.1, 0.15) is 17.9 Å². The van der Waals surface area contributed by atoms with Gasteiger partial charge in [-0.25, -0.2) is 19.7 Å². The van der Waals surface area contributed by atoms with E-state index >= 15 is 0 Å². The van der Waals surface area contributed by atoms with Crippen LogP contribution in [0.15, 0.2) is 97.5 Å². The van der Waals surface area contributed by atoms with E-state index in [1.165, 1.54) is 18.4 Å². The van der Waals surface area contributed by atoms with Crippen molar-refractivity contribution in [3.05, 3.63) is 109 Å². The number of carbonyl (C=O) groups is 1. The molecule has 0 aliphatic carbocycles. The number of aryl methyl sites for hydroxylation is 3. The normalized spacial score (nSPS) is 13.6. The molecule has 6 aromatic rings. The smallest absolute Gasteiger partial charge is 0.409 e. The number of anilines is 5. The number of hydrogen-bond acceptors (Lipinski definition) is 8. The van der Waals surface area contributed by atoms with Gasteiger partial charge in [0.15, 0.2) is 0 Å². The largest absolute Gasteiger partial charge is 0.425 e. The summed E-state index contributed by atoms with van der Waals surface area (Å²) in [6, 6.07) is 28.8. The summed E-state index contributed by atoms with van der Waals surface area (Å²) < 4.78 is 8.50. The van der Waals surface area contributed by atoms with Gasteiger partial charge in [0, 0.05) is 66.6 Å². The molecule has 1 aliphatic heterocycles. The number of aromatic nitrogens is 3. The molecule has 52 heavy (non-hydrogen) atoms. The Hall–Kier alpha value is -5.45. The highest BCUT2D eigenvalue weighted by Gasteiger charge is 2.27. The quantitative estimate of drug-likeness (QED) is 0.145. The number of nitrogens with zero attached hydrogens (tertiary/aromatic N) is 7. The van der Waals surface area contributed by atoms with Crippen LogP contribution in [0, 0.1) is 13.8 Å². The SMILES string of the molecule is CCn1c2ccccc2c2cc(N(C(=O)Oc3c(C)cccc3C)c3ccncn3)c(Nc3ccc(N4CCN(CCCN(C)C)CC4)cc3)cc21. The van der Waals surface area contributed by atoms with Crippen LogP contribution in [0.1, 0.15) is 24.5 Å². The lowest BCUT2D eigenvalue weighted by atomic mass is 10.1. The van der Waals surface area contributed by atoms with Crippen molar-refractivity contribution in [1.82, 2.24) is 24.3 Å². The van der Waals surface area contributed by atoms with Crippen molar-refractivity contribution >= 4 is 56.5 Å². The number of amides is 1. The summed E-state index contributed by atoms with van der Waals surface area (Å²) in [4.78, 5) is 31.9. The minimum absolute atomic E-state index is 0.407. The zero-order valence-electron chi connectivity index (χ0n) is 30.8. The van der Waals surface area contributed by atoms with Crippen molar-refractivity contribution < 1.29 is 9.53 Å². The monoisotopic (exact) mass is 696 g/mol. The lowest BCUT2D eigenvalue weighted by Crippen LogP contribution is -2.46. The Morgan fingerprint density at radius 1 is 0.865 bits per heavy atom. The maximum atomic E-state index is 14.4. The van der Waals surface area contributed by atoms with E-state index in [9.17, 15) is 4.79 Å². The molecule has 10 heteroatoms. The lowest BCUT2D eigenvalue weighted by molar-refractivity contribution is 0.209. The molecule has 0 bridgehead atoms. The van der Waals surface area contributed by atoms with Crippen LogP contribution in [0.5, 0.6) is 5.75 Å². The average Bonchev–Trinajstić information content (AvgIpc) is 3.46. The van der Waals surface area contributed by atoms with Crippen LogP contribution in [0.25, 0.3) is 21.8 Å². The van der Waals surface area contributed by atoms with Gasteiger partial charge in [0.25, 0.3) is 0 Å². The molecule has 1 aliphatic rings. The summed E-state index contributed by atoms with van der Waals surface area (Å²) in [6.45, 7) is 13.3. The molecule has 1 amide bonds. The fraction of sp³-hybridized carbons (Fsp3) is 0.310. The van der Waals surface area contributed by atoms with E-state index in [1.807, 2.05) is 32.0 Å². The molecule has 1 fully saturated rings. The molecule has 1 N–H and O–H groups in total. The second-order valence-electron chi connectivity index (χ2n) is 13.8. The molecule has 10 nitrogen and oxygen atoms in total. The molecule has 0 atom stereocenters. The van der Waals surface area contributed by atoms with E-state index in [2.05, 4.69) is 116 Å². The van der Waals surface area contributed by atoms with E-state index in [-0.39, 0.29) is 0 Å². The summed E-state index contributed by atoms with van der Waals surface area (Å²) in [6.07, 6.45) is 3.72. The van der Waals surface area contributed by atoms with E-state index in [0.717, 1.165) is 90.1 Å². The second-order valence-corrected chi connectivity index (χ2v) is 13.8. The first-order valence-corrected chi connectivity index (χ1v) is 18.2. The Balaban J connectivity index is 1.25. The van der Waals surface area contributed by atoms with Crippen LogP contribution in [0.4, 0.5) is 33.4 Å². The summed E-state index contributed by atoms with van der Waals surface area (Å²) >= 11 is 0. The number of para-hydroxylation sites is 2. The van der Waals surface area contributed by atoms with Gasteiger partial charge >= 0.3 is 6.09 Å². The van der Waals surface area contributed by atoms with Crippen molar-refractivity contribution in [1.29, 1.82) is 0 Å². The zero-order chi connectivity index (χ0) is 36.2. The maximum Gasteiger partial charge on any atom is 0.425 e. The highest BCUT2D eigenvalue weighted by atomic mass is 16.6. The van der Waals surface area contributed by atoms with Gasteiger partial charge < -0.3 is 24.4 Å². The van der Waals surface area contributed by atoms with E-state index in [0.29, 0.717) is 17.3 Å². The standard InChI is InChI=1S/C42H48N8O2/c1-6-49-37-14-8-7-13-34(37)35-27-39(50(40-19-20-43-29-44-40)42(51)52-41-30(2)11-9-12-31(41)3)36(28-38(35)49)45-32-15-17-33(18-16-32)48-25-23-47(24-26-48)22-10-21-46(4)5/h7-9,11-20,27-29,45H,6,10,21-26H2,1-5H3. The minimum atomic E-state index is -0.561. The third-order valence-electron chi connectivity index (χ3n) is 9.99. The van der Waals surface area contributed by atoms with Crippen molar-refractivity contribution in [2.45, 2.75) is 33.7 Å². The van der Waals surface area contributed by atoms with Gasteiger partial charge in [-0.3, -0.25) is 4.90 Å². The van der Waals surface area contributed by atoms with Crippen LogP contribution in [-0.2, 0) is 6.54 Å². The van der Waals surface area contributed by atoms with Gasteiger partial charge in [-0.1, -0.05) is 36.4 Å². The number of carbonyl (C=O) groups excluding carboxylic acids is 1. The molecular weight excluding hydrogens is 649 g/mol. The molecule has 268 valence electrons. The molecule has 1 saturated heterocycles. The predicted octanol–water partition coefficient (Wildman–Crippen LogP) is 8.38. The summed E-state index contributed by atoms with van der Waals surface area (Å²) in [5.41, 5.74) is 7.45. The molecule has 0 spiro atoms. The zero-order valence-corrected chi connectivity index (χ0v) is 30.8. The topological polar surface area (TPSA) is 82.0 Å². The van der Waals surface area contributed by atoms with Gasteiger partial charge in [-0.05, 0) is 114 Å². The fourth-order valence-corrected chi connectivity index (χ4v) is 7.28. The minimum Gasteiger partial charge on any atom is -0.409 e. The summed E-state index contributed by atoms with van der Waals surface area (Å²) in [5.74, 6) is 0.943. The summed E-state index contributed by atoms with van der Waals surface area (Å²) in [5, 5.41) is 5.83. The summed E-state index contributed by atoms with van der Waals surface area (Å²) in [7, 11) is 4.27. The van der Waals surface area contributed by atoms with Crippen LogP contribution in [0.2, 0.25) is 0 Å². The highest BCUT2D eigenvalue weighted by molar-refractivity contribution is 6.13. The van der Waals surface area contributed by atoms with Crippen LogP contribution >= 0.6 is 0 Å². The molecule has 4 aromatic carbocycles. The number of piperazine rings is 1. The van der Waals surface area contributed by atoms with E-state index < -0.39 is 6.09 Å². The van der Waals surface area contributed by atoms with Crippen LogP contribution in [-0.4, -0.2) is 83.8 Å². The van der Waals surface area contributed by atoms with Gasteiger partial charge in [0.05, 0.1) is 16.9 Å². The predicted molar refractivity (Wildman–Crippen MR) is 213 cm³/mol. The number of rotatable bonds is 11. The van der Waals surface area contributed by atoms with Crippen molar-refractivity contribution in [2.75, 3.05) is 68.5 Å². The molecule has 3 heterocycles. The Kier molecular flexibility index (Phi) is 10.4. The highest BCUT2D eigenvalue weighted by Crippen LogP contribution is 2.41. The van der Waals surface area contributed by atoms with E-state index in [4.69, 9.17) is 4.74 Å². The maximum absolute atomic E-state index is 14.4. The van der Waals surface area contributed by atoms with Crippen molar-refractivity contribution in [3.63, 3.8) is 0 Å². The lowest BCUT2D eigenvalue weighted by Gasteiger charge is -2.36. The average molecular weight is 697 g/mol. The van der Waals surface area contributed by atoms with Crippen LogP contribution < -0.4 is 19.9 Å². The van der Waals surface area contributed by atoms with Gasteiger partial charge in [-0.15, -0.1) is 0 Å². The number of benzene rings is 4. The fourth-order valence-electron chi connectivity index (χ4n) is 7.28. The van der Waals surface area contributed by atoms with E-state index in [1.54, 1.807) is 17.2 Å². The second kappa shape index (κ2) is 15.4.